The largest absolute Gasteiger partial charge is 0.453 e. The average Bonchev–Trinajstić information content (AvgIpc) is 2.98. The summed E-state index contributed by atoms with van der Waals surface area (Å²) in [5, 5.41) is 0.660. The van der Waals surface area contributed by atoms with Crippen LogP contribution in [0.25, 0.3) is 11.3 Å². The Balaban J connectivity index is 1.78. The number of carbonyl (C=O) groups is 1. The molecule has 0 N–H and O–H groups in total. The summed E-state index contributed by atoms with van der Waals surface area (Å²) in [7, 11) is 0. The second-order valence-electron chi connectivity index (χ2n) is 4.74. The lowest BCUT2D eigenvalue weighted by atomic mass is 10.1. The Morgan fingerprint density at radius 2 is 1.91 bits per heavy atom. The summed E-state index contributed by atoms with van der Waals surface area (Å²) < 4.78 is 6.54. The molecule has 0 saturated heterocycles. The lowest BCUT2D eigenvalue weighted by Crippen LogP contribution is -2.03. The maximum absolute atomic E-state index is 12.3. The third-order valence-electron chi connectivity index (χ3n) is 3.13. The van der Waals surface area contributed by atoms with Gasteiger partial charge in [0.25, 0.3) is 0 Å². The Morgan fingerprint density at radius 3 is 2.64 bits per heavy atom. The van der Waals surface area contributed by atoms with Crippen LogP contribution in [0.4, 0.5) is 0 Å². The highest BCUT2D eigenvalue weighted by atomic mass is 79.9. The fourth-order valence-corrected chi connectivity index (χ4v) is 2.56. The van der Waals surface area contributed by atoms with Crippen LogP contribution >= 0.6 is 27.5 Å². The monoisotopic (exact) mass is 375 g/mol. The van der Waals surface area contributed by atoms with Gasteiger partial charge in [-0.1, -0.05) is 27.5 Å². The van der Waals surface area contributed by atoms with Crippen LogP contribution in [0.2, 0.25) is 5.02 Å². The zero-order valence-corrected chi connectivity index (χ0v) is 13.8. The standard InChI is InChI=1S/C17H11BrClNO2/c18-12-7-8-20-14(9-12)10-15(21)17-6-5-16(22-17)11-1-3-13(19)4-2-11/h1-9H,10H2. The zero-order chi connectivity index (χ0) is 15.5. The molecule has 0 saturated carbocycles. The number of carbonyl (C=O) groups excluding carboxylic acids is 1. The molecular weight excluding hydrogens is 366 g/mol. The number of halogens is 2. The summed E-state index contributed by atoms with van der Waals surface area (Å²) in [6.45, 7) is 0. The van der Waals surface area contributed by atoms with Gasteiger partial charge in [-0.05, 0) is 48.5 Å². The first kappa shape index (κ1) is 15.0. The summed E-state index contributed by atoms with van der Waals surface area (Å²) in [4.78, 5) is 16.4. The van der Waals surface area contributed by atoms with E-state index in [1.165, 1.54) is 0 Å². The lowest BCUT2D eigenvalue weighted by Gasteiger charge is -2.00. The van der Waals surface area contributed by atoms with Gasteiger partial charge in [0.15, 0.2) is 5.76 Å². The van der Waals surface area contributed by atoms with Crippen molar-refractivity contribution in [1.82, 2.24) is 4.98 Å². The normalized spacial score (nSPS) is 10.6. The molecule has 0 fully saturated rings. The summed E-state index contributed by atoms with van der Waals surface area (Å²) in [5.41, 5.74) is 1.58. The van der Waals surface area contributed by atoms with Crippen molar-refractivity contribution in [2.75, 3.05) is 0 Å². The van der Waals surface area contributed by atoms with Gasteiger partial charge in [-0.15, -0.1) is 0 Å². The summed E-state index contributed by atoms with van der Waals surface area (Å²) in [6, 6.07) is 14.4. The predicted molar refractivity (Wildman–Crippen MR) is 89.1 cm³/mol. The number of hydrogen-bond acceptors (Lipinski definition) is 3. The minimum Gasteiger partial charge on any atom is -0.453 e. The topological polar surface area (TPSA) is 43.1 Å². The molecule has 5 heteroatoms. The molecule has 2 aromatic heterocycles. The van der Waals surface area contributed by atoms with E-state index in [1.807, 2.05) is 24.3 Å². The van der Waals surface area contributed by atoms with Crippen LogP contribution in [0.15, 0.2) is 63.6 Å². The molecule has 1 aromatic carbocycles. The van der Waals surface area contributed by atoms with Gasteiger partial charge < -0.3 is 4.42 Å². The first-order valence-corrected chi connectivity index (χ1v) is 7.78. The first-order chi connectivity index (χ1) is 10.6. The maximum Gasteiger partial charge on any atom is 0.203 e. The highest BCUT2D eigenvalue weighted by Gasteiger charge is 2.13. The summed E-state index contributed by atoms with van der Waals surface area (Å²) in [6.07, 6.45) is 1.86. The molecule has 0 aliphatic heterocycles. The van der Waals surface area contributed by atoms with Crippen molar-refractivity contribution in [3.63, 3.8) is 0 Å². The van der Waals surface area contributed by atoms with E-state index < -0.39 is 0 Å². The van der Waals surface area contributed by atoms with Crippen LogP contribution in [0.1, 0.15) is 16.2 Å². The van der Waals surface area contributed by atoms with Gasteiger partial charge in [-0.3, -0.25) is 9.78 Å². The SMILES string of the molecule is O=C(Cc1cc(Br)ccn1)c1ccc(-c2ccc(Cl)cc2)o1. The molecule has 3 aromatic rings. The van der Waals surface area contributed by atoms with Gasteiger partial charge in [0.05, 0.1) is 6.42 Å². The van der Waals surface area contributed by atoms with Gasteiger partial charge >= 0.3 is 0 Å². The number of pyridine rings is 1. The lowest BCUT2D eigenvalue weighted by molar-refractivity contribution is 0.0966. The maximum atomic E-state index is 12.3. The molecule has 0 aliphatic rings. The third kappa shape index (κ3) is 3.46. The molecule has 0 atom stereocenters. The highest BCUT2D eigenvalue weighted by molar-refractivity contribution is 9.10. The van der Waals surface area contributed by atoms with Crippen molar-refractivity contribution >= 4 is 33.3 Å². The smallest absolute Gasteiger partial charge is 0.203 e. The number of nitrogens with zero attached hydrogens (tertiary/aromatic N) is 1. The van der Waals surface area contributed by atoms with Crippen LogP contribution in [-0.2, 0) is 6.42 Å². The van der Waals surface area contributed by atoms with E-state index in [4.69, 9.17) is 16.0 Å². The number of benzene rings is 1. The first-order valence-electron chi connectivity index (χ1n) is 6.61. The van der Waals surface area contributed by atoms with E-state index in [2.05, 4.69) is 20.9 Å². The van der Waals surface area contributed by atoms with E-state index in [-0.39, 0.29) is 12.2 Å². The van der Waals surface area contributed by atoms with Crippen molar-refractivity contribution in [2.45, 2.75) is 6.42 Å². The van der Waals surface area contributed by atoms with Crippen molar-refractivity contribution in [3.05, 3.63) is 75.7 Å². The Labute approximate surface area is 141 Å². The molecule has 0 aliphatic carbocycles. The van der Waals surface area contributed by atoms with E-state index in [9.17, 15) is 4.79 Å². The van der Waals surface area contributed by atoms with Gasteiger partial charge in [-0.25, -0.2) is 0 Å². The van der Waals surface area contributed by atoms with E-state index in [1.54, 1.807) is 30.5 Å². The Hall–Kier alpha value is -1.91. The van der Waals surface area contributed by atoms with Crippen molar-refractivity contribution in [2.24, 2.45) is 0 Å². The summed E-state index contributed by atoms with van der Waals surface area (Å²) >= 11 is 9.23. The van der Waals surface area contributed by atoms with Crippen LogP contribution in [-0.4, -0.2) is 10.8 Å². The summed E-state index contributed by atoms with van der Waals surface area (Å²) in [5.74, 6) is 0.861. The molecule has 0 bridgehead atoms. The number of hydrogen-bond donors (Lipinski definition) is 0. The molecule has 0 unspecified atom stereocenters. The number of Topliss-reactive ketones (excluding diaryl/α,β-unsaturated/α-hetero) is 1. The molecule has 0 radical (unpaired) electrons. The van der Waals surface area contributed by atoms with E-state index in [0.717, 1.165) is 10.0 Å². The Bertz CT molecular complexity index is 812. The molecule has 0 amide bonds. The Morgan fingerprint density at radius 1 is 1.14 bits per heavy atom. The van der Waals surface area contributed by atoms with E-state index >= 15 is 0 Å². The fraction of sp³-hybridized carbons (Fsp3) is 0.0588. The van der Waals surface area contributed by atoms with Crippen LogP contribution in [0.3, 0.4) is 0 Å². The molecule has 3 nitrogen and oxygen atoms in total. The van der Waals surface area contributed by atoms with Crippen molar-refractivity contribution < 1.29 is 9.21 Å². The number of aromatic nitrogens is 1. The van der Waals surface area contributed by atoms with Crippen LogP contribution in [0.5, 0.6) is 0 Å². The predicted octanol–water partition coefficient (Wildman–Crippen LogP) is 5.18. The highest BCUT2D eigenvalue weighted by Crippen LogP contribution is 2.24. The molecular formula is C17H11BrClNO2. The fourth-order valence-electron chi connectivity index (χ4n) is 2.05. The minimum atomic E-state index is -0.106. The zero-order valence-electron chi connectivity index (χ0n) is 11.4. The van der Waals surface area contributed by atoms with Gasteiger partial charge in [0.1, 0.15) is 5.76 Å². The third-order valence-corrected chi connectivity index (χ3v) is 3.88. The van der Waals surface area contributed by atoms with Crippen molar-refractivity contribution in [1.29, 1.82) is 0 Å². The second kappa shape index (κ2) is 6.46. The molecule has 110 valence electrons. The van der Waals surface area contributed by atoms with Crippen LogP contribution in [0, 0.1) is 0 Å². The molecule has 22 heavy (non-hydrogen) atoms. The molecule has 0 spiro atoms. The number of furan rings is 1. The molecule has 3 rings (SSSR count). The number of rotatable bonds is 4. The second-order valence-corrected chi connectivity index (χ2v) is 6.09. The van der Waals surface area contributed by atoms with E-state index in [0.29, 0.717) is 22.2 Å². The van der Waals surface area contributed by atoms with Gasteiger partial charge in [-0.2, -0.15) is 0 Å². The van der Waals surface area contributed by atoms with Gasteiger partial charge in [0, 0.05) is 26.9 Å². The molecule has 2 heterocycles. The Kier molecular flexibility index (Phi) is 4.41. The quantitative estimate of drug-likeness (QED) is 0.589. The van der Waals surface area contributed by atoms with Crippen LogP contribution < -0.4 is 0 Å². The van der Waals surface area contributed by atoms with Gasteiger partial charge in [0.2, 0.25) is 5.78 Å². The van der Waals surface area contributed by atoms with Crippen molar-refractivity contribution in [3.8, 4) is 11.3 Å². The number of ketones is 1. The minimum absolute atomic E-state index is 0.106. The average molecular weight is 377 g/mol.